The van der Waals surface area contributed by atoms with Crippen molar-refractivity contribution in [3.05, 3.63) is 35.4 Å². The van der Waals surface area contributed by atoms with Crippen LogP contribution in [0.25, 0.3) is 0 Å². The van der Waals surface area contributed by atoms with Gasteiger partial charge < -0.3 is 0 Å². The topological polar surface area (TPSA) is 35.5 Å². The zero-order valence-corrected chi connectivity index (χ0v) is 11.9. The maximum atomic E-state index is 12.5. The van der Waals surface area contributed by atoms with E-state index in [2.05, 4.69) is 11.6 Å². The highest BCUT2D eigenvalue weighted by Crippen LogP contribution is 2.46. The zero-order valence-electron chi connectivity index (χ0n) is 11.0. The van der Waals surface area contributed by atoms with Crippen molar-refractivity contribution in [2.24, 2.45) is 0 Å². The van der Waals surface area contributed by atoms with E-state index in [4.69, 9.17) is 9.05 Å². The SMILES string of the molecule is CCOP(=O)(C#Cc1cccc(C(F)(F)F)c1)OCC. The largest absolute Gasteiger partial charge is 0.416 e. The summed E-state index contributed by atoms with van der Waals surface area (Å²) >= 11 is 0. The molecule has 0 aromatic heterocycles. The standard InChI is InChI=1S/C13H14F3O3P/c1-3-18-20(17,19-4-2)9-8-11-6-5-7-12(10-11)13(14,15)16/h5-7,10H,3-4H2,1-2H3. The second-order valence-corrected chi connectivity index (χ2v) is 5.38. The normalized spacial score (nSPS) is 11.8. The molecule has 1 aromatic rings. The predicted octanol–water partition coefficient (Wildman–Crippen LogP) is 4.28. The summed E-state index contributed by atoms with van der Waals surface area (Å²) in [7, 11) is -3.58. The Bertz CT molecular complexity index is 548. The number of halogens is 3. The van der Waals surface area contributed by atoms with E-state index < -0.39 is 19.3 Å². The van der Waals surface area contributed by atoms with E-state index in [9.17, 15) is 17.7 Å². The fraction of sp³-hybridized carbons (Fsp3) is 0.385. The number of benzene rings is 1. The van der Waals surface area contributed by atoms with Crippen LogP contribution in [-0.2, 0) is 19.8 Å². The monoisotopic (exact) mass is 306 g/mol. The van der Waals surface area contributed by atoms with Gasteiger partial charge in [0.15, 0.2) is 0 Å². The van der Waals surface area contributed by atoms with Gasteiger partial charge >= 0.3 is 13.8 Å². The van der Waals surface area contributed by atoms with Gasteiger partial charge in [-0.05, 0) is 32.0 Å². The molecule has 0 amide bonds. The van der Waals surface area contributed by atoms with Gasteiger partial charge in [-0.25, -0.2) is 4.57 Å². The van der Waals surface area contributed by atoms with Crippen LogP contribution in [0, 0.1) is 11.6 Å². The van der Waals surface area contributed by atoms with Crippen LogP contribution >= 0.6 is 7.60 Å². The fourth-order valence-electron chi connectivity index (χ4n) is 1.35. The van der Waals surface area contributed by atoms with Gasteiger partial charge in [0.2, 0.25) is 0 Å². The Morgan fingerprint density at radius 2 is 1.80 bits per heavy atom. The fourth-order valence-corrected chi connectivity index (χ4v) is 2.50. The molecular formula is C13H14F3O3P. The van der Waals surface area contributed by atoms with Crippen LogP contribution in [0.2, 0.25) is 0 Å². The molecule has 3 nitrogen and oxygen atoms in total. The summed E-state index contributed by atoms with van der Waals surface area (Å²) < 4.78 is 59.5. The first-order chi connectivity index (χ1) is 9.30. The average Bonchev–Trinajstić information content (AvgIpc) is 2.36. The van der Waals surface area contributed by atoms with Gasteiger partial charge in [0.25, 0.3) is 0 Å². The molecule has 0 aliphatic rings. The first-order valence-corrected chi connectivity index (χ1v) is 7.44. The molecule has 0 aliphatic heterocycles. The van der Waals surface area contributed by atoms with Gasteiger partial charge in [-0.3, -0.25) is 9.05 Å². The number of hydrogen-bond acceptors (Lipinski definition) is 3. The van der Waals surface area contributed by atoms with Gasteiger partial charge in [-0.1, -0.05) is 12.0 Å². The minimum atomic E-state index is -4.44. The Labute approximate surface area is 115 Å². The third-order valence-electron chi connectivity index (χ3n) is 2.13. The number of rotatable bonds is 4. The van der Waals surface area contributed by atoms with Crippen molar-refractivity contribution in [3.8, 4) is 11.6 Å². The molecule has 0 heterocycles. The van der Waals surface area contributed by atoms with E-state index >= 15 is 0 Å². The molecule has 0 atom stereocenters. The van der Waals surface area contributed by atoms with Crippen molar-refractivity contribution < 1.29 is 26.8 Å². The Hall–Kier alpha value is -1.28. The molecule has 0 saturated carbocycles. The smallest absolute Gasteiger partial charge is 0.300 e. The molecule has 20 heavy (non-hydrogen) atoms. The summed E-state index contributed by atoms with van der Waals surface area (Å²) in [4.78, 5) is 0. The van der Waals surface area contributed by atoms with E-state index in [0.29, 0.717) is 0 Å². The van der Waals surface area contributed by atoms with Crippen LogP contribution in [-0.4, -0.2) is 13.2 Å². The van der Waals surface area contributed by atoms with E-state index in [-0.39, 0.29) is 18.8 Å². The van der Waals surface area contributed by atoms with Crippen molar-refractivity contribution in [2.75, 3.05) is 13.2 Å². The Morgan fingerprint density at radius 1 is 1.20 bits per heavy atom. The van der Waals surface area contributed by atoms with Crippen molar-refractivity contribution in [3.63, 3.8) is 0 Å². The molecule has 0 spiro atoms. The summed E-state index contributed by atoms with van der Waals surface area (Å²) in [6.45, 7) is 3.51. The van der Waals surface area contributed by atoms with Crippen molar-refractivity contribution in [1.29, 1.82) is 0 Å². The summed E-state index contributed by atoms with van der Waals surface area (Å²) in [6, 6.07) is 4.45. The van der Waals surface area contributed by atoms with Crippen molar-refractivity contribution in [1.82, 2.24) is 0 Å². The Kier molecular flexibility index (Phi) is 5.82. The van der Waals surface area contributed by atoms with Gasteiger partial charge in [0.1, 0.15) is 0 Å². The maximum absolute atomic E-state index is 12.5. The molecular weight excluding hydrogens is 292 g/mol. The quantitative estimate of drug-likeness (QED) is 0.615. The lowest BCUT2D eigenvalue weighted by Crippen LogP contribution is -2.04. The van der Waals surface area contributed by atoms with E-state index in [0.717, 1.165) is 12.1 Å². The second kappa shape index (κ2) is 6.94. The lowest BCUT2D eigenvalue weighted by Gasteiger charge is -2.09. The molecule has 110 valence electrons. The molecule has 1 rings (SSSR count). The summed E-state index contributed by atoms with van der Waals surface area (Å²) in [5, 5.41) is 0. The van der Waals surface area contributed by atoms with E-state index in [1.54, 1.807) is 13.8 Å². The molecule has 0 radical (unpaired) electrons. The molecule has 0 bridgehead atoms. The second-order valence-electron chi connectivity index (χ2n) is 3.65. The predicted molar refractivity (Wildman–Crippen MR) is 69.2 cm³/mol. The molecule has 0 unspecified atom stereocenters. The maximum Gasteiger partial charge on any atom is 0.416 e. The van der Waals surface area contributed by atoms with Crippen LogP contribution in [0.5, 0.6) is 0 Å². The van der Waals surface area contributed by atoms with Crippen LogP contribution in [0.4, 0.5) is 13.2 Å². The highest BCUT2D eigenvalue weighted by Gasteiger charge is 2.30. The van der Waals surface area contributed by atoms with Gasteiger partial charge in [-0.15, -0.1) is 0 Å². The van der Waals surface area contributed by atoms with Crippen molar-refractivity contribution in [2.45, 2.75) is 20.0 Å². The summed E-state index contributed by atoms with van der Waals surface area (Å²) in [5.41, 5.74) is 1.57. The third-order valence-corrected chi connectivity index (χ3v) is 3.71. The Morgan fingerprint density at radius 3 is 2.30 bits per heavy atom. The summed E-state index contributed by atoms with van der Waals surface area (Å²) in [6.07, 6.45) is -4.44. The molecule has 0 saturated heterocycles. The van der Waals surface area contributed by atoms with Crippen LogP contribution in [0.1, 0.15) is 25.0 Å². The molecule has 0 N–H and O–H groups in total. The minimum absolute atomic E-state index is 0.0967. The third kappa shape index (κ3) is 5.01. The van der Waals surface area contributed by atoms with E-state index in [1.807, 2.05) is 0 Å². The number of hydrogen-bond donors (Lipinski definition) is 0. The van der Waals surface area contributed by atoms with Gasteiger partial charge in [0.05, 0.1) is 18.8 Å². The van der Waals surface area contributed by atoms with Crippen LogP contribution in [0.3, 0.4) is 0 Å². The number of alkyl halides is 3. The first-order valence-electron chi connectivity index (χ1n) is 5.90. The molecule has 0 fully saturated rings. The van der Waals surface area contributed by atoms with Gasteiger partial charge in [0, 0.05) is 11.2 Å². The highest BCUT2D eigenvalue weighted by atomic mass is 31.2. The lowest BCUT2D eigenvalue weighted by atomic mass is 10.1. The molecule has 0 aliphatic carbocycles. The zero-order chi connectivity index (χ0) is 15.2. The molecule has 7 heteroatoms. The molecule has 1 aromatic carbocycles. The minimum Gasteiger partial charge on any atom is -0.300 e. The summed E-state index contributed by atoms with van der Waals surface area (Å²) in [5.74, 6) is 2.40. The van der Waals surface area contributed by atoms with Gasteiger partial charge in [-0.2, -0.15) is 13.2 Å². The van der Waals surface area contributed by atoms with Crippen LogP contribution in [0.15, 0.2) is 24.3 Å². The average molecular weight is 306 g/mol. The van der Waals surface area contributed by atoms with E-state index in [1.165, 1.54) is 12.1 Å². The van der Waals surface area contributed by atoms with Crippen molar-refractivity contribution >= 4 is 7.60 Å². The lowest BCUT2D eigenvalue weighted by molar-refractivity contribution is -0.137. The van der Waals surface area contributed by atoms with Crippen LogP contribution < -0.4 is 0 Å². The highest BCUT2D eigenvalue weighted by molar-refractivity contribution is 7.59. The Balaban J connectivity index is 3.04. The first kappa shape index (κ1) is 16.8.